The summed E-state index contributed by atoms with van der Waals surface area (Å²) in [6.45, 7) is 7.82. The molecule has 7 nitrogen and oxygen atoms in total. The highest BCUT2D eigenvalue weighted by molar-refractivity contribution is 5.87. The second-order valence-corrected chi connectivity index (χ2v) is 5.09. The summed E-state index contributed by atoms with van der Waals surface area (Å²) in [5.74, 6) is -0.0862. The highest BCUT2D eigenvalue weighted by Crippen LogP contribution is 2.17. The van der Waals surface area contributed by atoms with Crippen LogP contribution in [0.3, 0.4) is 0 Å². The van der Waals surface area contributed by atoms with E-state index in [-0.39, 0.29) is 17.7 Å². The number of carbonyl (C=O) groups is 2. The Labute approximate surface area is 124 Å². The molecule has 0 atom stereocenters. The summed E-state index contributed by atoms with van der Waals surface area (Å²) in [5.41, 5.74) is 0.754. The zero-order valence-corrected chi connectivity index (χ0v) is 12.3. The number of hydrogen-bond donors (Lipinski definition) is 1. The number of piperidine rings is 1. The molecule has 1 N–H and O–H groups in total. The van der Waals surface area contributed by atoms with Crippen molar-refractivity contribution in [3.05, 3.63) is 24.5 Å². The number of nitrogens with one attached hydrogen (secondary N) is 1. The minimum absolute atomic E-state index is 0.0201. The van der Waals surface area contributed by atoms with Crippen LogP contribution in [0.1, 0.15) is 25.5 Å². The van der Waals surface area contributed by atoms with Crippen LogP contribution in [0.15, 0.2) is 18.9 Å². The Hall–Kier alpha value is -2.18. The van der Waals surface area contributed by atoms with Gasteiger partial charge in [-0.1, -0.05) is 11.8 Å². The Bertz CT molecular complexity index is 517. The minimum Gasteiger partial charge on any atom is -0.350 e. The summed E-state index contributed by atoms with van der Waals surface area (Å²) in [4.78, 5) is 25.3. The van der Waals surface area contributed by atoms with Crippen molar-refractivity contribution in [1.29, 1.82) is 0 Å². The molecule has 0 unspecified atom stereocenters. The van der Waals surface area contributed by atoms with Gasteiger partial charge in [0.05, 0.1) is 12.7 Å². The van der Waals surface area contributed by atoms with Gasteiger partial charge >= 0.3 is 0 Å². The van der Waals surface area contributed by atoms with Crippen LogP contribution < -0.4 is 5.32 Å². The maximum atomic E-state index is 12.1. The summed E-state index contributed by atoms with van der Waals surface area (Å²) in [6, 6.07) is 0. The van der Waals surface area contributed by atoms with Crippen LogP contribution in [-0.4, -0.2) is 44.8 Å². The van der Waals surface area contributed by atoms with Gasteiger partial charge in [-0.3, -0.25) is 14.3 Å². The zero-order valence-electron chi connectivity index (χ0n) is 12.3. The molecule has 1 aliphatic rings. The fourth-order valence-electron chi connectivity index (χ4n) is 2.39. The second kappa shape index (κ2) is 7.01. The van der Waals surface area contributed by atoms with Crippen molar-refractivity contribution in [2.24, 2.45) is 5.92 Å². The minimum atomic E-state index is -0.0648. The first-order chi connectivity index (χ1) is 10.1. The van der Waals surface area contributed by atoms with Gasteiger partial charge in [0.25, 0.3) is 0 Å². The van der Waals surface area contributed by atoms with Crippen molar-refractivity contribution in [1.82, 2.24) is 25.2 Å². The Morgan fingerprint density at radius 3 is 2.76 bits per heavy atom. The normalized spacial score (nSPS) is 15.8. The van der Waals surface area contributed by atoms with Crippen molar-refractivity contribution in [2.75, 3.05) is 13.1 Å². The van der Waals surface area contributed by atoms with Crippen molar-refractivity contribution in [3.63, 3.8) is 0 Å². The van der Waals surface area contributed by atoms with Crippen molar-refractivity contribution in [3.8, 4) is 0 Å². The molecule has 1 saturated heterocycles. The lowest BCUT2D eigenvalue weighted by atomic mass is 9.96. The molecule has 21 heavy (non-hydrogen) atoms. The summed E-state index contributed by atoms with van der Waals surface area (Å²) < 4.78 is 1.72. The molecule has 0 spiro atoms. The van der Waals surface area contributed by atoms with Gasteiger partial charge in [-0.25, -0.2) is 0 Å². The van der Waals surface area contributed by atoms with Gasteiger partial charge in [0.1, 0.15) is 5.69 Å². The van der Waals surface area contributed by atoms with Gasteiger partial charge in [0.15, 0.2) is 0 Å². The van der Waals surface area contributed by atoms with E-state index in [4.69, 9.17) is 0 Å². The predicted molar refractivity (Wildman–Crippen MR) is 77.0 cm³/mol. The zero-order chi connectivity index (χ0) is 15.2. The van der Waals surface area contributed by atoms with Gasteiger partial charge in [-0.2, -0.15) is 0 Å². The van der Waals surface area contributed by atoms with Crippen LogP contribution in [0.25, 0.3) is 0 Å². The van der Waals surface area contributed by atoms with Gasteiger partial charge in [0, 0.05) is 25.6 Å². The van der Waals surface area contributed by atoms with E-state index in [1.807, 2.05) is 13.1 Å². The van der Waals surface area contributed by atoms with Crippen LogP contribution in [0.4, 0.5) is 0 Å². The molecule has 2 heterocycles. The monoisotopic (exact) mass is 291 g/mol. The maximum Gasteiger partial charge on any atom is 0.245 e. The standard InChI is InChI=1S/C14H21N5O2/c1-3-13(20)18-7-5-11(6-8-18)14(21)15-9-12-10-19(4-2)17-16-12/h3,10-11H,1,4-9H2,2H3,(H,15,21). The molecule has 0 radical (unpaired) electrons. The Kier molecular flexibility index (Phi) is 5.08. The maximum absolute atomic E-state index is 12.1. The molecule has 0 bridgehead atoms. The van der Waals surface area contributed by atoms with E-state index in [1.54, 1.807) is 9.58 Å². The lowest BCUT2D eigenvalue weighted by Gasteiger charge is -2.30. The van der Waals surface area contributed by atoms with E-state index >= 15 is 0 Å². The van der Waals surface area contributed by atoms with E-state index in [0.29, 0.717) is 32.5 Å². The Balaban J connectivity index is 1.77. The van der Waals surface area contributed by atoms with Crippen LogP contribution in [-0.2, 0) is 22.7 Å². The van der Waals surface area contributed by atoms with Crippen LogP contribution in [0.2, 0.25) is 0 Å². The molecule has 2 rings (SSSR count). The summed E-state index contributed by atoms with van der Waals surface area (Å²) in [6.07, 6.45) is 4.52. The van der Waals surface area contributed by atoms with Crippen molar-refractivity contribution in [2.45, 2.75) is 32.9 Å². The molecule has 7 heteroatoms. The number of aryl methyl sites for hydroxylation is 1. The highest BCUT2D eigenvalue weighted by Gasteiger charge is 2.26. The third kappa shape index (κ3) is 3.90. The number of carbonyl (C=O) groups excluding carboxylic acids is 2. The topological polar surface area (TPSA) is 80.1 Å². The van der Waals surface area contributed by atoms with E-state index in [1.165, 1.54) is 6.08 Å². The van der Waals surface area contributed by atoms with Gasteiger partial charge < -0.3 is 10.2 Å². The largest absolute Gasteiger partial charge is 0.350 e. The van der Waals surface area contributed by atoms with Crippen LogP contribution >= 0.6 is 0 Å². The first kappa shape index (κ1) is 15.2. The van der Waals surface area contributed by atoms with Gasteiger partial charge in [0.2, 0.25) is 11.8 Å². The lowest BCUT2D eigenvalue weighted by molar-refractivity contribution is -0.132. The molecule has 114 valence electrons. The molecule has 1 aliphatic heterocycles. The molecule has 0 saturated carbocycles. The molecular weight excluding hydrogens is 270 g/mol. The number of nitrogens with zero attached hydrogens (tertiary/aromatic N) is 4. The average molecular weight is 291 g/mol. The van der Waals surface area contributed by atoms with Crippen LogP contribution in [0.5, 0.6) is 0 Å². The number of likely N-dealkylation sites (tertiary alicyclic amines) is 1. The predicted octanol–water partition coefficient (Wildman–Crippen LogP) is 0.339. The number of rotatable bonds is 5. The SMILES string of the molecule is C=CC(=O)N1CCC(C(=O)NCc2cn(CC)nn2)CC1. The van der Waals surface area contributed by atoms with E-state index in [0.717, 1.165) is 12.2 Å². The number of hydrogen-bond acceptors (Lipinski definition) is 4. The lowest BCUT2D eigenvalue weighted by Crippen LogP contribution is -2.42. The molecular formula is C14H21N5O2. The fourth-order valence-corrected chi connectivity index (χ4v) is 2.39. The summed E-state index contributed by atoms with van der Waals surface area (Å²) in [7, 11) is 0. The highest BCUT2D eigenvalue weighted by atomic mass is 16.2. The first-order valence-electron chi connectivity index (χ1n) is 7.22. The fraction of sp³-hybridized carbons (Fsp3) is 0.571. The number of amides is 2. The molecule has 0 aromatic carbocycles. The molecule has 1 aromatic heterocycles. The van der Waals surface area contributed by atoms with Gasteiger partial charge in [-0.15, -0.1) is 5.10 Å². The van der Waals surface area contributed by atoms with E-state index < -0.39 is 0 Å². The smallest absolute Gasteiger partial charge is 0.245 e. The first-order valence-corrected chi connectivity index (χ1v) is 7.22. The molecule has 2 amide bonds. The Morgan fingerprint density at radius 1 is 1.48 bits per heavy atom. The average Bonchev–Trinajstić information content (AvgIpc) is 3.00. The number of aromatic nitrogens is 3. The van der Waals surface area contributed by atoms with E-state index in [2.05, 4.69) is 22.2 Å². The molecule has 1 aromatic rings. The van der Waals surface area contributed by atoms with Crippen molar-refractivity contribution >= 4 is 11.8 Å². The Morgan fingerprint density at radius 2 is 2.19 bits per heavy atom. The summed E-state index contributed by atoms with van der Waals surface area (Å²) in [5, 5.41) is 10.8. The van der Waals surface area contributed by atoms with Crippen molar-refractivity contribution < 1.29 is 9.59 Å². The molecule has 1 fully saturated rings. The third-order valence-electron chi connectivity index (χ3n) is 3.71. The molecule has 0 aliphatic carbocycles. The van der Waals surface area contributed by atoms with Crippen LogP contribution in [0, 0.1) is 5.92 Å². The quantitative estimate of drug-likeness (QED) is 0.793. The second-order valence-electron chi connectivity index (χ2n) is 5.09. The van der Waals surface area contributed by atoms with Gasteiger partial charge in [-0.05, 0) is 25.8 Å². The summed E-state index contributed by atoms with van der Waals surface area (Å²) >= 11 is 0. The van der Waals surface area contributed by atoms with E-state index in [9.17, 15) is 9.59 Å². The third-order valence-corrected chi connectivity index (χ3v) is 3.71.